The molecular weight excluding hydrogens is 270 g/mol. The van der Waals surface area contributed by atoms with Crippen molar-refractivity contribution in [2.45, 2.75) is 25.5 Å². The summed E-state index contributed by atoms with van der Waals surface area (Å²) in [6.07, 6.45) is 2.66. The largest absolute Gasteiger partial charge is 0.376 e. The zero-order chi connectivity index (χ0) is 13.8. The third-order valence-electron chi connectivity index (χ3n) is 3.81. The predicted octanol–water partition coefficient (Wildman–Crippen LogP) is 1.77. The second-order valence-electron chi connectivity index (χ2n) is 5.45. The van der Waals surface area contributed by atoms with Crippen LogP contribution in [0.1, 0.15) is 18.4 Å². The number of hydrogen-bond donors (Lipinski definition) is 1. The second kappa shape index (κ2) is 6.52. The minimum atomic E-state index is 0.339. The molecule has 108 valence electrons. The van der Waals surface area contributed by atoms with Crippen LogP contribution in [0.3, 0.4) is 0 Å². The van der Waals surface area contributed by atoms with E-state index in [1.165, 1.54) is 12.0 Å². The third-order valence-corrected chi connectivity index (χ3v) is 4.21. The fourth-order valence-corrected chi connectivity index (χ4v) is 2.97. The lowest BCUT2D eigenvalue weighted by atomic mass is 10.2. The molecule has 0 radical (unpaired) electrons. The zero-order valence-corrected chi connectivity index (χ0v) is 12.4. The molecule has 2 saturated heterocycles. The average molecular weight is 291 g/mol. The van der Waals surface area contributed by atoms with Crippen LogP contribution in [-0.4, -0.2) is 47.5 Å². The van der Waals surface area contributed by atoms with E-state index < -0.39 is 0 Å². The van der Waals surface area contributed by atoms with Crippen LogP contribution < -0.4 is 5.32 Å². The average Bonchev–Trinajstić information content (AvgIpc) is 2.97. The number of ether oxygens (including phenoxy) is 1. The number of rotatable bonds is 4. The number of nitrogens with zero attached hydrogens (tertiary/aromatic N) is 2. The van der Waals surface area contributed by atoms with Crippen LogP contribution >= 0.6 is 12.2 Å². The standard InChI is InChI=1S/C15H21N3OS/c20-15-16-11-17(9-13-5-2-1-3-6-13)12-18(15)10-14-7-4-8-19-14/h1-3,5-6,14H,4,7-12H2,(H,16,20)/t14-/m0/s1. The van der Waals surface area contributed by atoms with Crippen LogP contribution in [0.5, 0.6) is 0 Å². The van der Waals surface area contributed by atoms with Crippen molar-refractivity contribution in [2.75, 3.05) is 26.5 Å². The first-order chi connectivity index (χ1) is 9.81. The number of hydrogen-bond acceptors (Lipinski definition) is 3. The quantitative estimate of drug-likeness (QED) is 0.854. The summed E-state index contributed by atoms with van der Waals surface area (Å²) in [6.45, 7) is 4.43. The Kier molecular flexibility index (Phi) is 4.50. The van der Waals surface area contributed by atoms with Gasteiger partial charge < -0.3 is 15.0 Å². The maximum absolute atomic E-state index is 5.71. The molecule has 3 rings (SSSR count). The Morgan fingerprint density at radius 1 is 1.30 bits per heavy atom. The molecule has 2 heterocycles. The second-order valence-corrected chi connectivity index (χ2v) is 5.84. The molecule has 1 N–H and O–H groups in total. The first-order valence-corrected chi connectivity index (χ1v) is 7.63. The van der Waals surface area contributed by atoms with Crippen molar-refractivity contribution in [3.8, 4) is 0 Å². The van der Waals surface area contributed by atoms with E-state index in [1.54, 1.807) is 0 Å². The van der Waals surface area contributed by atoms with Gasteiger partial charge in [-0.1, -0.05) is 30.3 Å². The monoisotopic (exact) mass is 291 g/mol. The van der Waals surface area contributed by atoms with E-state index in [2.05, 4.69) is 45.4 Å². The van der Waals surface area contributed by atoms with E-state index in [4.69, 9.17) is 17.0 Å². The molecule has 1 aromatic rings. The van der Waals surface area contributed by atoms with Crippen molar-refractivity contribution in [3.05, 3.63) is 35.9 Å². The summed E-state index contributed by atoms with van der Waals surface area (Å²) in [6, 6.07) is 10.6. The van der Waals surface area contributed by atoms with E-state index in [-0.39, 0.29) is 0 Å². The fourth-order valence-electron chi connectivity index (χ4n) is 2.77. The minimum Gasteiger partial charge on any atom is -0.376 e. The number of thiocarbonyl (C=S) groups is 1. The Morgan fingerprint density at radius 2 is 2.15 bits per heavy atom. The SMILES string of the molecule is S=C1NCN(Cc2ccccc2)CN1C[C@@H]1CCCO1. The van der Waals surface area contributed by atoms with E-state index in [1.807, 2.05) is 0 Å². The molecule has 2 aliphatic rings. The molecule has 0 saturated carbocycles. The molecule has 5 heteroatoms. The molecule has 2 aliphatic heterocycles. The maximum Gasteiger partial charge on any atom is 0.171 e. The van der Waals surface area contributed by atoms with Gasteiger partial charge in [0, 0.05) is 19.7 Å². The summed E-state index contributed by atoms with van der Waals surface area (Å²) in [5.41, 5.74) is 1.33. The van der Waals surface area contributed by atoms with Gasteiger partial charge in [-0.3, -0.25) is 4.90 Å². The fraction of sp³-hybridized carbons (Fsp3) is 0.533. The first kappa shape index (κ1) is 13.8. The molecule has 20 heavy (non-hydrogen) atoms. The molecule has 0 aromatic heterocycles. The van der Waals surface area contributed by atoms with Gasteiger partial charge in [-0.2, -0.15) is 0 Å². The molecule has 4 nitrogen and oxygen atoms in total. The highest BCUT2D eigenvalue weighted by atomic mass is 32.1. The van der Waals surface area contributed by atoms with Crippen molar-refractivity contribution >= 4 is 17.3 Å². The minimum absolute atomic E-state index is 0.339. The molecule has 0 aliphatic carbocycles. The Balaban J connectivity index is 1.56. The highest BCUT2D eigenvalue weighted by Gasteiger charge is 2.25. The summed E-state index contributed by atoms with van der Waals surface area (Å²) < 4.78 is 5.71. The van der Waals surface area contributed by atoms with E-state index >= 15 is 0 Å². The van der Waals surface area contributed by atoms with Crippen LogP contribution in [0.15, 0.2) is 30.3 Å². The Labute approximate surface area is 125 Å². The third kappa shape index (κ3) is 3.48. The predicted molar refractivity (Wildman–Crippen MR) is 83.1 cm³/mol. The Hall–Kier alpha value is -1.17. The zero-order valence-electron chi connectivity index (χ0n) is 11.6. The van der Waals surface area contributed by atoms with Gasteiger partial charge in [-0.25, -0.2) is 0 Å². The molecular formula is C15H21N3OS. The van der Waals surface area contributed by atoms with Crippen LogP contribution in [0, 0.1) is 0 Å². The van der Waals surface area contributed by atoms with Gasteiger partial charge in [0.25, 0.3) is 0 Å². The number of benzene rings is 1. The van der Waals surface area contributed by atoms with Gasteiger partial charge in [0.2, 0.25) is 0 Å². The summed E-state index contributed by atoms with van der Waals surface area (Å²) in [5, 5.41) is 4.16. The smallest absolute Gasteiger partial charge is 0.171 e. The van der Waals surface area contributed by atoms with Crippen molar-refractivity contribution in [1.29, 1.82) is 0 Å². The Bertz CT molecular complexity index is 448. The normalized spacial score (nSPS) is 23.9. The van der Waals surface area contributed by atoms with E-state index in [9.17, 15) is 0 Å². The molecule has 0 unspecified atom stereocenters. The van der Waals surface area contributed by atoms with Gasteiger partial charge in [-0.15, -0.1) is 0 Å². The maximum atomic E-state index is 5.71. The summed E-state index contributed by atoms with van der Waals surface area (Å²) in [7, 11) is 0. The molecule has 0 spiro atoms. The lowest BCUT2D eigenvalue weighted by Crippen LogP contribution is -2.57. The van der Waals surface area contributed by atoms with Gasteiger partial charge in [0.05, 0.1) is 19.4 Å². The van der Waals surface area contributed by atoms with Gasteiger partial charge >= 0.3 is 0 Å². The molecule has 0 amide bonds. The van der Waals surface area contributed by atoms with Crippen LogP contribution in [0.25, 0.3) is 0 Å². The van der Waals surface area contributed by atoms with Crippen molar-refractivity contribution in [2.24, 2.45) is 0 Å². The Morgan fingerprint density at radius 3 is 2.90 bits per heavy atom. The first-order valence-electron chi connectivity index (χ1n) is 7.22. The number of nitrogens with one attached hydrogen (secondary N) is 1. The molecule has 1 atom stereocenters. The van der Waals surface area contributed by atoms with Gasteiger partial charge in [0.15, 0.2) is 5.11 Å². The van der Waals surface area contributed by atoms with Crippen LogP contribution in [0.2, 0.25) is 0 Å². The highest BCUT2D eigenvalue weighted by molar-refractivity contribution is 7.80. The molecule has 1 aromatic carbocycles. The summed E-state index contributed by atoms with van der Waals surface area (Å²) in [5.74, 6) is 0. The van der Waals surface area contributed by atoms with E-state index in [0.717, 1.165) is 44.6 Å². The summed E-state index contributed by atoms with van der Waals surface area (Å²) in [4.78, 5) is 4.58. The van der Waals surface area contributed by atoms with Gasteiger partial charge in [-0.05, 0) is 30.6 Å². The molecule has 2 fully saturated rings. The highest BCUT2D eigenvalue weighted by Crippen LogP contribution is 2.15. The lowest BCUT2D eigenvalue weighted by Gasteiger charge is -2.39. The van der Waals surface area contributed by atoms with Gasteiger partial charge in [0.1, 0.15) is 0 Å². The molecule has 0 bridgehead atoms. The van der Waals surface area contributed by atoms with Crippen LogP contribution in [-0.2, 0) is 11.3 Å². The summed E-state index contributed by atoms with van der Waals surface area (Å²) >= 11 is 5.41. The lowest BCUT2D eigenvalue weighted by molar-refractivity contribution is 0.0639. The van der Waals surface area contributed by atoms with Crippen molar-refractivity contribution in [1.82, 2.24) is 15.1 Å². The van der Waals surface area contributed by atoms with E-state index in [0.29, 0.717) is 6.10 Å². The topological polar surface area (TPSA) is 27.7 Å². The van der Waals surface area contributed by atoms with Crippen molar-refractivity contribution < 1.29 is 4.74 Å². The van der Waals surface area contributed by atoms with Crippen LogP contribution in [0.4, 0.5) is 0 Å². The van der Waals surface area contributed by atoms with Crippen molar-refractivity contribution in [3.63, 3.8) is 0 Å².